The predicted molar refractivity (Wildman–Crippen MR) is 415 cm³/mol. The first-order chi connectivity index (χ1) is 52.8. The Bertz CT molecular complexity index is 2640. The molecule has 0 aromatic carbocycles. The van der Waals surface area contributed by atoms with Crippen molar-refractivity contribution in [3.63, 3.8) is 0 Å². The maximum Gasteiger partial charge on any atom is 0.234 e. The molecule has 0 bridgehead atoms. The second kappa shape index (κ2) is 61.5. The summed E-state index contributed by atoms with van der Waals surface area (Å²) >= 11 is 0. The summed E-state index contributed by atoms with van der Waals surface area (Å²) in [4.78, 5) is 70.9. The van der Waals surface area contributed by atoms with Crippen LogP contribution < -0.4 is 39.2 Å². The highest BCUT2D eigenvalue weighted by molar-refractivity contribution is 5.42. The Labute approximate surface area is 644 Å². The van der Waals surface area contributed by atoms with Gasteiger partial charge in [-0.2, -0.15) is 59.8 Å². The first kappa shape index (κ1) is 96.0. The molecule has 4 aromatic heterocycles. The number of unbranched alkanes of at least 4 members (excludes halogenated alkanes) is 2. The summed E-state index contributed by atoms with van der Waals surface area (Å²) in [5.41, 5.74) is 0. The van der Waals surface area contributed by atoms with Crippen molar-refractivity contribution in [2.45, 2.75) is 184 Å². The fraction of sp³-hybridized carbons (Fsp3) is 0.833. The standard InChI is InChI=1S/C21H39N5O4.C19H37N5O4.C17H31N5O4.C15H29N5O4/c1-5-27-14-25(15-28-6-2)20-22-19(18-12-10-9-11-13-18)23-21(24-20)26(16-29-7-3)17-30-8-4;1-6-11-12-17-20-18(23(13-25-7-2)14-26-8-3)22-19(21-17)24(15-27-9-4)16-28-10-5;1-23-10-21(11-24-2)16-18-15(14-8-6-5-7-9-14)19-17(20-16)22(12-25-3)13-26-4;1-6-7-8-13-16-14(19(9-21-2)10-22-3)18-15(17-13)20(11-23-4)12-24-5/h18H,5-17H2,1-4H3;6-16H2,1-5H3;14H,5-13H2,1-4H3;6-12H2,1-5H3. The monoisotopic (exact) mass is 1540 g/mol. The largest absolute Gasteiger partial charge is 0.364 e. The van der Waals surface area contributed by atoms with Gasteiger partial charge in [-0.25, -0.2) is 0 Å². The van der Waals surface area contributed by atoms with Crippen LogP contribution in [0.5, 0.6) is 0 Å². The molecule has 36 heteroatoms. The zero-order chi connectivity index (χ0) is 78.8. The van der Waals surface area contributed by atoms with Crippen LogP contribution in [0, 0.1) is 0 Å². The van der Waals surface area contributed by atoms with Crippen molar-refractivity contribution < 1.29 is 75.8 Å². The summed E-state index contributed by atoms with van der Waals surface area (Å²) in [7, 11) is 13.0. The number of hydrogen-bond acceptors (Lipinski definition) is 36. The van der Waals surface area contributed by atoms with Gasteiger partial charge in [0, 0.05) is 134 Å². The van der Waals surface area contributed by atoms with E-state index in [2.05, 4.69) is 48.7 Å². The summed E-state index contributed by atoms with van der Waals surface area (Å²) in [6, 6.07) is 0. The van der Waals surface area contributed by atoms with E-state index in [9.17, 15) is 0 Å². The van der Waals surface area contributed by atoms with E-state index in [1.165, 1.54) is 38.5 Å². The maximum atomic E-state index is 5.65. The van der Waals surface area contributed by atoms with Gasteiger partial charge in [-0.15, -0.1) is 0 Å². The number of anilines is 8. The van der Waals surface area contributed by atoms with Crippen molar-refractivity contribution in [3.8, 4) is 0 Å². The molecule has 0 radical (unpaired) electrons. The highest BCUT2D eigenvalue weighted by Crippen LogP contribution is 2.34. The van der Waals surface area contributed by atoms with E-state index in [1.807, 2.05) is 84.8 Å². The SMILES string of the molecule is CCCCc1nc(N(COC)COC)nc(N(COC)COC)n1.CCCCc1nc(N(COCC)COCC)nc(N(COCC)COCC)n1.CCOCN(COCC)c1nc(C2CCCCC2)nc(N(COCC)COCC)n1.COCN(COC)c1nc(C2CCCCC2)nc(N(COC)COC)n1. The lowest BCUT2D eigenvalue weighted by atomic mass is 9.89. The van der Waals surface area contributed by atoms with Crippen molar-refractivity contribution in [1.82, 2.24) is 59.8 Å². The molecule has 36 nitrogen and oxygen atoms in total. The van der Waals surface area contributed by atoms with Crippen molar-refractivity contribution in [2.24, 2.45) is 0 Å². The van der Waals surface area contributed by atoms with Gasteiger partial charge in [-0.1, -0.05) is 65.2 Å². The Morgan fingerprint density at radius 1 is 0.231 bits per heavy atom. The van der Waals surface area contributed by atoms with Gasteiger partial charge in [-0.05, 0) is 93.9 Å². The van der Waals surface area contributed by atoms with Crippen LogP contribution in [0.15, 0.2) is 0 Å². The zero-order valence-electron chi connectivity index (χ0n) is 68.9. The average Bonchev–Trinajstić information content (AvgIpc) is 0.832. The van der Waals surface area contributed by atoms with Gasteiger partial charge in [0.05, 0.1) is 0 Å². The first-order valence-electron chi connectivity index (χ1n) is 38.4. The van der Waals surface area contributed by atoms with Crippen molar-refractivity contribution in [2.75, 3.05) is 257 Å². The third-order valence-electron chi connectivity index (χ3n) is 16.2. The number of nitrogens with zero attached hydrogens (tertiary/aromatic N) is 20. The molecule has 0 N–H and O–H groups in total. The smallest absolute Gasteiger partial charge is 0.234 e. The fourth-order valence-electron chi connectivity index (χ4n) is 10.7. The molecule has 4 aromatic rings. The van der Waals surface area contributed by atoms with Gasteiger partial charge in [0.1, 0.15) is 131 Å². The molecule has 2 saturated carbocycles. The summed E-state index contributed by atoms with van der Waals surface area (Å²) in [6.45, 7) is 30.3. The van der Waals surface area contributed by atoms with E-state index in [-0.39, 0.29) is 0 Å². The topological polar surface area (TPSA) is 328 Å². The predicted octanol–water partition coefficient (Wildman–Crippen LogP) is 9.50. The highest BCUT2D eigenvalue weighted by atomic mass is 16.5. The number of aryl methyl sites for hydroxylation is 2. The number of hydrogen-bond donors (Lipinski definition) is 0. The van der Waals surface area contributed by atoms with Crippen molar-refractivity contribution >= 4 is 47.6 Å². The number of ether oxygens (including phenoxy) is 16. The van der Waals surface area contributed by atoms with Gasteiger partial charge < -0.3 is 75.8 Å². The molecule has 0 amide bonds. The van der Waals surface area contributed by atoms with Gasteiger partial charge in [0.2, 0.25) is 47.6 Å². The minimum atomic E-state index is 0.319. The van der Waals surface area contributed by atoms with E-state index in [4.69, 9.17) is 101 Å². The molecule has 0 saturated heterocycles. The van der Waals surface area contributed by atoms with Crippen LogP contribution in [0.4, 0.5) is 47.6 Å². The Morgan fingerprint density at radius 3 is 0.574 bits per heavy atom. The summed E-state index contributed by atoms with van der Waals surface area (Å²) in [5, 5.41) is 0. The Hall–Kier alpha value is -6.20. The molecule has 0 unspecified atom stereocenters. The molecule has 4 heterocycles. The molecule has 2 fully saturated rings. The third kappa shape index (κ3) is 37.2. The quantitative estimate of drug-likeness (QED) is 0.0371. The van der Waals surface area contributed by atoms with E-state index in [0.717, 1.165) is 87.5 Å². The molecular formula is C72H136N20O16. The molecule has 108 heavy (non-hydrogen) atoms. The second-order valence-electron chi connectivity index (χ2n) is 24.8. The first-order valence-corrected chi connectivity index (χ1v) is 38.4. The summed E-state index contributed by atoms with van der Waals surface area (Å²) in [5.74, 6) is 8.14. The highest BCUT2D eigenvalue weighted by Gasteiger charge is 2.27. The van der Waals surface area contributed by atoms with Crippen LogP contribution in [-0.4, -0.2) is 277 Å². The van der Waals surface area contributed by atoms with Gasteiger partial charge >= 0.3 is 0 Å². The summed E-state index contributed by atoms with van der Waals surface area (Å²) in [6.07, 6.45) is 17.5. The van der Waals surface area contributed by atoms with Crippen molar-refractivity contribution in [3.05, 3.63) is 23.3 Å². The Morgan fingerprint density at radius 2 is 0.407 bits per heavy atom. The zero-order valence-corrected chi connectivity index (χ0v) is 68.9. The molecule has 6 rings (SSSR count). The Balaban J connectivity index is 0.000000375. The lowest BCUT2D eigenvalue weighted by Crippen LogP contribution is -2.35. The minimum absolute atomic E-state index is 0.319. The minimum Gasteiger partial charge on any atom is -0.364 e. The second-order valence-corrected chi connectivity index (χ2v) is 24.8. The molecule has 0 aliphatic heterocycles. The van der Waals surface area contributed by atoms with Gasteiger partial charge in [0.25, 0.3) is 0 Å². The number of aromatic nitrogens is 12. The van der Waals surface area contributed by atoms with Crippen LogP contribution >= 0.6 is 0 Å². The molecule has 0 spiro atoms. The molecule has 2 aliphatic rings. The van der Waals surface area contributed by atoms with Crippen molar-refractivity contribution in [1.29, 1.82) is 0 Å². The number of methoxy groups -OCH3 is 8. The van der Waals surface area contributed by atoms with Gasteiger partial charge in [0.15, 0.2) is 0 Å². The molecule has 0 atom stereocenters. The lowest BCUT2D eigenvalue weighted by molar-refractivity contribution is 0.0922. The average molecular weight is 1540 g/mol. The van der Waals surface area contributed by atoms with Crippen LogP contribution in [0.3, 0.4) is 0 Å². The van der Waals surface area contributed by atoms with Crippen LogP contribution in [0.1, 0.15) is 194 Å². The lowest BCUT2D eigenvalue weighted by Gasteiger charge is -2.28. The summed E-state index contributed by atoms with van der Waals surface area (Å²) < 4.78 is 86.8. The fourth-order valence-corrected chi connectivity index (χ4v) is 10.7. The van der Waals surface area contributed by atoms with E-state index in [0.29, 0.717) is 220 Å². The van der Waals surface area contributed by atoms with E-state index < -0.39 is 0 Å². The van der Waals surface area contributed by atoms with E-state index in [1.54, 1.807) is 66.7 Å². The molecule has 2 aliphatic carbocycles. The third-order valence-corrected chi connectivity index (χ3v) is 16.2. The van der Waals surface area contributed by atoms with Crippen LogP contribution in [0.25, 0.3) is 0 Å². The Kier molecular flexibility index (Phi) is 54.6. The van der Waals surface area contributed by atoms with E-state index >= 15 is 0 Å². The van der Waals surface area contributed by atoms with Crippen LogP contribution in [0.2, 0.25) is 0 Å². The normalized spacial score (nSPS) is 13.1. The molecular weight excluding hydrogens is 1400 g/mol. The number of rotatable bonds is 56. The maximum absolute atomic E-state index is 5.65. The molecule has 620 valence electrons. The van der Waals surface area contributed by atoms with Crippen LogP contribution in [-0.2, 0) is 88.6 Å². The van der Waals surface area contributed by atoms with Gasteiger partial charge in [-0.3, -0.25) is 39.2 Å².